The smallest absolute Gasteiger partial charge is 0.0314 e. The Morgan fingerprint density at radius 1 is 1.44 bits per heavy atom. The van der Waals surface area contributed by atoms with Crippen molar-refractivity contribution in [3.63, 3.8) is 0 Å². The van der Waals surface area contributed by atoms with Crippen molar-refractivity contribution in [2.24, 2.45) is 5.92 Å². The molecule has 0 radical (unpaired) electrons. The molecule has 1 aromatic heterocycles. The lowest BCUT2D eigenvalue weighted by Gasteiger charge is -2.19. The Bertz CT molecular complexity index is 296. The van der Waals surface area contributed by atoms with Gasteiger partial charge in [-0.3, -0.25) is 0 Å². The van der Waals surface area contributed by atoms with E-state index < -0.39 is 0 Å². The van der Waals surface area contributed by atoms with E-state index in [4.69, 9.17) is 0 Å². The minimum atomic E-state index is 0.666. The molecule has 92 valence electrons. The van der Waals surface area contributed by atoms with E-state index in [1.807, 2.05) is 11.3 Å². The number of rotatable bonds is 7. The predicted molar refractivity (Wildman–Crippen MR) is 77.3 cm³/mol. The summed E-state index contributed by atoms with van der Waals surface area (Å²) in [6.45, 7) is 7.86. The van der Waals surface area contributed by atoms with Gasteiger partial charge in [0, 0.05) is 15.4 Å². The van der Waals surface area contributed by atoms with E-state index in [-0.39, 0.29) is 0 Å². The molecule has 1 N–H and O–H groups in total. The van der Waals surface area contributed by atoms with Gasteiger partial charge in [-0.1, -0.05) is 20.8 Å². The highest BCUT2D eigenvalue weighted by atomic mass is 79.9. The highest BCUT2D eigenvalue weighted by Crippen LogP contribution is 2.25. The molecule has 1 atom stereocenters. The topological polar surface area (TPSA) is 12.0 Å². The van der Waals surface area contributed by atoms with Gasteiger partial charge in [0.2, 0.25) is 0 Å². The first-order chi connectivity index (χ1) is 7.63. The zero-order valence-electron chi connectivity index (χ0n) is 10.4. The molecule has 0 aliphatic heterocycles. The van der Waals surface area contributed by atoms with Crippen LogP contribution in [0.2, 0.25) is 0 Å². The summed E-state index contributed by atoms with van der Waals surface area (Å²) in [7, 11) is 0. The number of nitrogens with one attached hydrogen (secondary N) is 1. The number of aryl methyl sites for hydroxylation is 1. The third-order valence-electron chi connectivity index (χ3n) is 2.66. The molecule has 1 rings (SSSR count). The van der Waals surface area contributed by atoms with Crippen molar-refractivity contribution in [3.8, 4) is 0 Å². The van der Waals surface area contributed by atoms with Crippen LogP contribution in [0, 0.1) is 5.92 Å². The third kappa shape index (κ3) is 4.98. The Balaban J connectivity index is 2.40. The first-order valence-electron chi connectivity index (χ1n) is 6.08. The second kappa shape index (κ2) is 7.46. The molecule has 0 saturated carbocycles. The SMILES string of the molecule is CCNC(CCc1sccc1Br)CC(C)C. The van der Waals surface area contributed by atoms with Gasteiger partial charge in [0.25, 0.3) is 0 Å². The van der Waals surface area contributed by atoms with Gasteiger partial charge in [-0.05, 0) is 59.1 Å². The average molecular weight is 304 g/mol. The highest BCUT2D eigenvalue weighted by Gasteiger charge is 2.11. The van der Waals surface area contributed by atoms with E-state index >= 15 is 0 Å². The van der Waals surface area contributed by atoms with Gasteiger partial charge in [-0.2, -0.15) is 0 Å². The van der Waals surface area contributed by atoms with Crippen molar-refractivity contribution in [2.45, 2.75) is 46.1 Å². The average Bonchev–Trinajstić information content (AvgIpc) is 2.60. The highest BCUT2D eigenvalue weighted by molar-refractivity contribution is 9.10. The molecular formula is C13H22BrNS. The molecule has 0 fully saturated rings. The van der Waals surface area contributed by atoms with Gasteiger partial charge >= 0.3 is 0 Å². The van der Waals surface area contributed by atoms with Crippen LogP contribution in [0.25, 0.3) is 0 Å². The van der Waals surface area contributed by atoms with E-state index in [9.17, 15) is 0 Å². The fraction of sp³-hybridized carbons (Fsp3) is 0.692. The zero-order valence-corrected chi connectivity index (χ0v) is 12.8. The van der Waals surface area contributed by atoms with E-state index in [1.165, 1.54) is 28.6 Å². The number of hydrogen-bond donors (Lipinski definition) is 1. The first-order valence-corrected chi connectivity index (χ1v) is 7.76. The van der Waals surface area contributed by atoms with Crippen LogP contribution >= 0.6 is 27.3 Å². The normalized spacial score (nSPS) is 13.3. The summed E-state index contributed by atoms with van der Waals surface area (Å²) >= 11 is 5.45. The maximum Gasteiger partial charge on any atom is 0.0314 e. The minimum Gasteiger partial charge on any atom is -0.314 e. The molecule has 0 aliphatic rings. The van der Waals surface area contributed by atoms with Crippen molar-refractivity contribution in [2.75, 3.05) is 6.54 Å². The Morgan fingerprint density at radius 2 is 2.19 bits per heavy atom. The summed E-state index contributed by atoms with van der Waals surface area (Å²) in [6, 6.07) is 2.81. The van der Waals surface area contributed by atoms with Crippen molar-refractivity contribution in [1.29, 1.82) is 0 Å². The summed E-state index contributed by atoms with van der Waals surface area (Å²) in [6.07, 6.45) is 3.70. The van der Waals surface area contributed by atoms with Crippen molar-refractivity contribution >= 4 is 27.3 Å². The summed E-state index contributed by atoms with van der Waals surface area (Å²) in [5.74, 6) is 0.774. The Labute approximate surface area is 112 Å². The van der Waals surface area contributed by atoms with Gasteiger partial charge in [0.1, 0.15) is 0 Å². The molecule has 1 nitrogen and oxygen atoms in total. The predicted octanol–water partition coefficient (Wildman–Crippen LogP) is 4.47. The van der Waals surface area contributed by atoms with Crippen LogP contribution in [0.1, 0.15) is 38.5 Å². The fourth-order valence-corrected chi connectivity index (χ4v) is 3.54. The largest absolute Gasteiger partial charge is 0.314 e. The van der Waals surface area contributed by atoms with Crippen molar-refractivity contribution < 1.29 is 0 Å². The van der Waals surface area contributed by atoms with Gasteiger partial charge in [-0.15, -0.1) is 11.3 Å². The third-order valence-corrected chi connectivity index (χ3v) is 4.65. The molecule has 1 heterocycles. The Hall–Kier alpha value is 0.140. The maximum absolute atomic E-state index is 3.60. The molecule has 0 spiro atoms. The number of thiophene rings is 1. The quantitative estimate of drug-likeness (QED) is 0.784. The van der Waals surface area contributed by atoms with E-state index in [0.29, 0.717) is 6.04 Å². The molecule has 0 bridgehead atoms. The molecule has 0 aromatic carbocycles. The molecule has 0 amide bonds. The number of halogens is 1. The van der Waals surface area contributed by atoms with E-state index in [0.717, 1.165) is 12.5 Å². The summed E-state index contributed by atoms with van der Waals surface area (Å²) < 4.78 is 1.28. The molecule has 0 aliphatic carbocycles. The molecule has 1 unspecified atom stereocenters. The first kappa shape index (κ1) is 14.2. The van der Waals surface area contributed by atoms with Crippen LogP contribution in [0.5, 0.6) is 0 Å². The van der Waals surface area contributed by atoms with E-state index in [1.54, 1.807) is 0 Å². The molecule has 3 heteroatoms. The summed E-state index contributed by atoms with van der Waals surface area (Å²) in [5.41, 5.74) is 0. The second-order valence-electron chi connectivity index (χ2n) is 4.61. The second-order valence-corrected chi connectivity index (χ2v) is 6.47. The number of hydrogen-bond acceptors (Lipinski definition) is 2. The van der Waals surface area contributed by atoms with Crippen LogP contribution in [-0.2, 0) is 6.42 Å². The fourth-order valence-electron chi connectivity index (χ4n) is 1.97. The van der Waals surface area contributed by atoms with Crippen LogP contribution in [0.15, 0.2) is 15.9 Å². The summed E-state index contributed by atoms with van der Waals surface area (Å²) in [5, 5.41) is 5.74. The van der Waals surface area contributed by atoms with Crippen LogP contribution in [0.3, 0.4) is 0 Å². The molecular weight excluding hydrogens is 282 g/mol. The van der Waals surface area contributed by atoms with Crippen molar-refractivity contribution in [3.05, 3.63) is 20.8 Å². The van der Waals surface area contributed by atoms with Crippen LogP contribution < -0.4 is 5.32 Å². The lowest BCUT2D eigenvalue weighted by molar-refractivity contribution is 0.406. The maximum atomic E-state index is 3.60. The van der Waals surface area contributed by atoms with E-state index in [2.05, 4.69) is 53.5 Å². The van der Waals surface area contributed by atoms with Gasteiger partial charge in [0.05, 0.1) is 0 Å². The molecule has 1 aromatic rings. The van der Waals surface area contributed by atoms with Crippen LogP contribution in [-0.4, -0.2) is 12.6 Å². The zero-order chi connectivity index (χ0) is 12.0. The molecule has 16 heavy (non-hydrogen) atoms. The van der Waals surface area contributed by atoms with Gasteiger partial charge < -0.3 is 5.32 Å². The lowest BCUT2D eigenvalue weighted by atomic mass is 9.99. The Morgan fingerprint density at radius 3 is 2.69 bits per heavy atom. The van der Waals surface area contributed by atoms with Crippen LogP contribution in [0.4, 0.5) is 0 Å². The summed E-state index contributed by atoms with van der Waals surface area (Å²) in [4.78, 5) is 1.48. The minimum absolute atomic E-state index is 0.666. The van der Waals surface area contributed by atoms with Gasteiger partial charge in [-0.25, -0.2) is 0 Å². The van der Waals surface area contributed by atoms with Gasteiger partial charge in [0.15, 0.2) is 0 Å². The Kier molecular flexibility index (Phi) is 6.62. The molecule has 0 saturated heterocycles. The van der Waals surface area contributed by atoms with Crippen molar-refractivity contribution in [1.82, 2.24) is 5.32 Å². The standard InChI is InChI=1S/C13H22BrNS/c1-4-15-11(9-10(2)3)5-6-13-12(14)7-8-16-13/h7-8,10-11,15H,4-6,9H2,1-3H3. The lowest BCUT2D eigenvalue weighted by Crippen LogP contribution is -2.30. The monoisotopic (exact) mass is 303 g/mol.